The topological polar surface area (TPSA) is 45.2 Å². The van der Waals surface area contributed by atoms with Gasteiger partial charge in [-0.2, -0.15) is 0 Å². The number of nitrogens with zero attached hydrogens (tertiary/aromatic N) is 2. The van der Waals surface area contributed by atoms with Gasteiger partial charge in [0, 0.05) is 31.2 Å². The number of likely N-dealkylation sites (N-methyl/N-ethyl adjacent to an activating group) is 1. The minimum atomic E-state index is 0.0807. The number of carbonyl (C=O) groups is 1. The zero-order valence-corrected chi connectivity index (χ0v) is 12.5. The summed E-state index contributed by atoms with van der Waals surface area (Å²) in [5.41, 5.74) is 3.23. The molecule has 4 heteroatoms. The van der Waals surface area contributed by atoms with Crippen molar-refractivity contribution < 1.29 is 4.79 Å². The largest absolute Gasteiger partial charge is 0.312 e. The summed E-state index contributed by atoms with van der Waals surface area (Å²) in [7, 11) is 0. The molecule has 0 atom stereocenters. The first-order chi connectivity index (χ1) is 10.2. The summed E-state index contributed by atoms with van der Waals surface area (Å²) in [6.45, 7) is 5.68. The van der Waals surface area contributed by atoms with Crippen molar-refractivity contribution in [2.45, 2.75) is 20.4 Å². The van der Waals surface area contributed by atoms with E-state index in [1.165, 1.54) is 0 Å². The van der Waals surface area contributed by atoms with Gasteiger partial charge in [-0.25, -0.2) is 0 Å². The van der Waals surface area contributed by atoms with E-state index in [1.807, 2.05) is 50.2 Å². The number of pyridine rings is 1. The summed E-state index contributed by atoms with van der Waals surface area (Å²) in [5.74, 6) is 0.0807. The van der Waals surface area contributed by atoms with Crippen LogP contribution in [0, 0.1) is 6.92 Å². The molecule has 0 fully saturated rings. The monoisotopic (exact) mass is 283 g/mol. The van der Waals surface area contributed by atoms with Gasteiger partial charge in [0.25, 0.3) is 0 Å². The number of aromatic nitrogens is 1. The van der Waals surface area contributed by atoms with Crippen molar-refractivity contribution in [3.05, 3.63) is 59.9 Å². The van der Waals surface area contributed by atoms with Gasteiger partial charge in [0.2, 0.25) is 5.91 Å². The summed E-state index contributed by atoms with van der Waals surface area (Å²) < 4.78 is 0. The van der Waals surface area contributed by atoms with Crippen LogP contribution in [0.5, 0.6) is 0 Å². The fourth-order valence-corrected chi connectivity index (χ4v) is 2.21. The number of nitrogens with one attached hydrogen (secondary N) is 1. The number of anilines is 1. The number of hydrogen-bond acceptors (Lipinski definition) is 3. The first kappa shape index (κ1) is 15.2. The highest BCUT2D eigenvalue weighted by Crippen LogP contribution is 2.15. The molecule has 0 saturated carbocycles. The molecule has 1 amide bonds. The molecule has 0 spiro atoms. The van der Waals surface area contributed by atoms with Crippen LogP contribution in [0.1, 0.15) is 18.1 Å². The number of aryl methyl sites for hydroxylation is 1. The summed E-state index contributed by atoms with van der Waals surface area (Å²) in [6, 6.07) is 11.9. The average Bonchev–Trinajstić information content (AvgIpc) is 2.49. The van der Waals surface area contributed by atoms with Gasteiger partial charge in [-0.05, 0) is 49.2 Å². The molecule has 1 aromatic heterocycles. The Morgan fingerprint density at radius 3 is 2.67 bits per heavy atom. The number of hydrogen-bond donors (Lipinski definition) is 1. The van der Waals surface area contributed by atoms with Crippen LogP contribution in [-0.4, -0.2) is 24.0 Å². The second-order valence-corrected chi connectivity index (χ2v) is 4.94. The highest BCUT2D eigenvalue weighted by Gasteiger charge is 2.13. The van der Waals surface area contributed by atoms with Crippen LogP contribution in [0.3, 0.4) is 0 Å². The number of carbonyl (C=O) groups excluding carboxylic acids is 1. The number of benzene rings is 1. The lowest BCUT2D eigenvalue weighted by molar-refractivity contribution is -0.117. The van der Waals surface area contributed by atoms with E-state index in [1.54, 1.807) is 17.3 Å². The molecule has 4 nitrogen and oxygen atoms in total. The van der Waals surface area contributed by atoms with Crippen molar-refractivity contribution in [2.24, 2.45) is 0 Å². The van der Waals surface area contributed by atoms with Crippen molar-refractivity contribution in [3.63, 3.8) is 0 Å². The zero-order chi connectivity index (χ0) is 15.1. The molecule has 0 aliphatic heterocycles. The summed E-state index contributed by atoms with van der Waals surface area (Å²) in [4.78, 5) is 18.1. The van der Waals surface area contributed by atoms with Gasteiger partial charge in [0.05, 0.1) is 6.54 Å². The molecule has 1 heterocycles. The van der Waals surface area contributed by atoms with Crippen LogP contribution in [-0.2, 0) is 11.3 Å². The van der Waals surface area contributed by atoms with Gasteiger partial charge >= 0.3 is 0 Å². The predicted molar refractivity (Wildman–Crippen MR) is 85.1 cm³/mol. The van der Waals surface area contributed by atoms with E-state index in [0.717, 1.165) is 16.8 Å². The van der Waals surface area contributed by atoms with E-state index in [2.05, 4.69) is 10.3 Å². The minimum Gasteiger partial charge on any atom is -0.312 e. The molecule has 1 N–H and O–H groups in total. The molecule has 1 aromatic carbocycles. The third kappa shape index (κ3) is 4.39. The van der Waals surface area contributed by atoms with Gasteiger partial charge in [-0.15, -0.1) is 0 Å². The zero-order valence-electron chi connectivity index (χ0n) is 12.5. The average molecular weight is 283 g/mol. The van der Waals surface area contributed by atoms with Crippen LogP contribution in [0.25, 0.3) is 0 Å². The van der Waals surface area contributed by atoms with Crippen LogP contribution in [0.15, 0.2) is 48.8 Å². The molecule has 0 saturated heterocycles. The predicted octanol–water partition coefficient (Wildman–Crippen LogP) is 2.53. The van der Waals surface area contributed by atoms with E-state index >= 15 is 0 Å². The normalized spacial score (nSPS) is 10.4. The Balaban J connectivity index is 1.92. The van der Waals surface area contributed by atoms with Gasteiger partial charge in [-0.3, -0.25) is 9.78 Å². The summed E-state index contributed by atoms with van der Waals surface area (Å²) in [6.07, 6.45) is 3.51. The van der Waals surface area contributed by atoms with Gasteiger partial charge in [0.1, 0.15) is 0 Å². The summed E-state index contributed by atoms with van der Waals surface area (Å²) >= 11 is 0. The smallest absolute Gasteiger partial charge is 0.240 e. The van der Waals surface area contributed by atoms with Crippen LogP contribution < -0.4 is 10.2 Å². The number of amides is 1. The Hall–Kier alpha value is -2.20. The fraction of sp³-hybridized carbons (Fsp3) is 0.294. The minimum absolute atomic E-state index is 0.0807. The maximum absolute atomic E-state index is 12.3. The Morgan fingerprint density at radius 2 is 2.00 bits per heavy atom. The molecule has 0 unspecified atom stereocenters. The molecule has 2 rings (SSSR count). The number of rotatable bonds is 6. The van der Waals surface area contributed by atoms with Gasteiger partial charge in [0.15, 0.2) is 0 Å². The lowest BCUT2D eigenvalue weighted by Gasteiger charge is -2.21. The Kier molecular flexibility index (Phi) is 5.46. The first-order valence-corrected chi connectivity index (χ1v) is 7.17. The molecule has 0 aliphatic carbocycles. The van der Waals surface area contributed by atoms with E-state index in [4.69, 9.17) is 0 Å². The third-order valence-corrected chi connectivity index (χ3v) is 3.29. The SMILES string of the molecule is CCN(C(=O)CNCc1ccncc1)c1cccc(C)c1. The van der Waals surface area contributed by atoms with E-state index in [-0.39, 0.29) is 5.91 Å². The van der Waals surface area contributed by atoms with E-state index in [0.29, 0.717) is 19.6 Å². The lowest BCUT2D eigenvalue weighted by Crippen LogP contribution is -2.38. The van der Waals surface area contributed by atoms with Crippen LogP contribution >= 0.6 is 0 Å². The van der Waals surface area contributed by atoms with E-state index in [9.17, 15) is 4.79 Å². The standard InChI is InChI=1S/C17H21N3O/c1-3-20(16-6-4-5-14(2)11-16)17(21)13-19-12-15-7-9-18-10-8-15/h4-11,19H,3,12-13H2,1-2H3. The molecular formula is C17H21N3O. The van der Waals surface area contributed by atoms with Crippen molar-refractivity contribution in [1.29, 1.82) is 0 Å². The van der Waals surface area contributed by atoms with Crippen molar-refractivity contribution in [2.75, 3.05) is 18.0 Å². The molecular weight excluding hydrogens is 262 g/mol. The highest BCUT2D eigenvalue weighted by atomic mass is 16.2. The Labute approximate surface area is 125 Å². The highest BCUT2D eigenvalue weighted by molar-refractivity contribution is 5.94. The van der Waals surface area contributed by atoms with Crippen molar-refractivity contribution >= 4 is 11.6 Å². The third-order valence-electron chi connectivity index (χ3n) is 3.29. The molecule has 0 aliphatic rings. The second kappa shape index (κ2) is 7.55. The first-order valence-electron chi connectivity index (χ1n) is 7.17. The lowest BCUT2D eigenvalue weighted by atomic mass is 10.2. The Morgan fingerprint density at radius 1 is 1.24 bits per heavy atom. The summed E-state index contributed by atoms with van der Waals surface area (Å²) in [5, 5.41) is 3.18. The van der Waals surface area contributed by atoms with Crippen LogP contribution in [0.4, 0.5) is 5.69 Å². The van der Waals surface area contributed by atoms with Gasteiger partial charge in [-0.1, -0.05) is 12.1 Å². The second-order valence-electron chi connectivity index (χ2n) is 4.94. The van der Waals surface area contributed by atoms with Gasteiger partial charge < -0.3 is 10.2 Å². The van der Waals surface area contributed by atoms with E-state index < -0.39 is 0 Å². The molecule has 0 radical (unpaired) electrons. The maximum atomic E-state index is 12.3. The quantitative estimate of drug-likeness (QED) is 0.886. The molecule has 21 heavy (non-hydrogen) atoms. The van der Waals surface area contributed by atoms with Crippen molar-refractivity contribution in [1.82, 2.24) is 10.3 Å². The Bertz CT molecular complexity index is 584. The fourth-order valence-electron chi connectivity index (χ4n) is 2.21. The molecule has 110 valence electrons. The maximum Gasteiger partial charge on any atom is 0.240 e. The molecule has 0 bridgehead atoms. The van der Waals surface area contributed by atoms with Crippen molar-refractivity contribution in [3.8, 4) is 0 Å². The molecule has 2 aromatic rings. The van der Waals surface area contributed by atoms with Crippen LogP contribution in [0.2, 0.25) is 0 Å².